The normalized spacial score (nSPS) is 11.9. The first-order chi connectivity index (χ1) is 14.9. The van der Waals surface area contributed by atoms with Gasteiger partial charge in [-0.3, -0.25) is 9.78 Å². The number of likely N-dealkylation sites (N-methyl/N-ethyl adjacent to an activating group) is 1. The first kappa shape index (κ1) is 22.5. The molecule has 0 radical (unpaired) electrons. The van der Waals surface area contributed by atoms with Crippen LogP contribution in [0, 0.1) is 6.92 Å². The molecule has 2 heterocycles. The number of hydrogen-bond donors (Lipinski definition) is 2. The van der Waals surface area contributed by atoms with Gasteiger partial charge in [-0.15, -0.1) is 0 Å². The van der Waals surface area contributed by atoms with Crippen molar-refractivity contribution < 1.29 is 19.1 Å². The van der Waals surface area contributed by atoms with Crippen molar-refractivity contribution in [2.75, 3.05) is 33.8 Å². The number of aliphatic hydroxyl groups is 1. The second-order valence-electron chi connectivity index (χ2n) is 7.42. The predicted octanol–water partition coefficient (Wildman–Crippen LogP) is 2.38. The smallest absolute Gasteiger partial charge is 0.231 e. The largest absolute Gasteiger partial charge is 0.492 e. The van der Waals surface area contributed by atoms with Gasteiger partial charge in [0.1, 0.15) is 30.7 Å². The summed E-state index contributed by atoms with van der Waals surface area (Å²) in [5, 5.41) is 13.3. The predicted molar refractivity (Wildman–Crippen MR) is 117 cm³/mol. The molecule has 0 spiro atoms. The molecule has 0 aliphatic heterocycles. The highest BCUT2D eigenvalue weighted by molar-refractivity contribution is 5.77. The van der Waals surface area contributed by atoms with E-state index in [-0.39, 0.29) is 12.3 Å². The van der Waals surface area contributed by atoms with Crippen LogP contribution in [0.2, 0.25) is 0 Å². The summed E-state index contributed by atoms with van der Waals surface area (Å²) in [6, 6.07) is 11.3. The van der Waals surface area contributed by atoms with Crippen LogP contribution in [0.4, 0.5) is 0 Å². The number of amides is 1. The Balaban J connectivity index is 1.41. The Morgan fingerprint density at radius 1 is 1.23 bits per heavy atom. The molecule has 3 rings (SSSR count). The van der Waals surface area contributed by atoms with Crippen molar-refractivity contribution in [3.8, 4) is 17.0 Å². The van der Waals surface area contributed by atoms with Crippen molar-refractivity contribution in [3.63, 3.8) is 0 Å². The number of nitrogens with zero attached hydrogens (tertiary/aromatic N) is 3. The minimum absolute atomic E-state index is 0.0613. The zero-order valence-corrected chi connectivity index (χ0v) is 18.0. The molecule has 1 atom stereocenters. The number of carbonyl (C=O) groups excluding carboxylic acids is 1. The lowest BCUT2D eigenvalue weighted by molar-refractivity contribution is -0.128. The fourth-order valence-electron chi connectivity index (χ4n) is 2.81. The lowest BCUT2D eigenvalue weighted by Crippen LogP contribution is -2.26. The number of hydrogen-bond acceptors (Lipinski definition) is 7. The average Bonchev–Trinajstić information content (AvgIpc) is 3.22. The van der Waals surface area contributed by atoms with Crippen LogP contribution in [0.15, 0.2) is 53.3 Å². The summed E-state index contributed by atoms with van der Waals surface area (Å²) in [5.74, 6) is 1.07. The molecular weight excluding hydrogens is 396 g/mol. The summed E-state index contributed by atoms with van der Waals surface area (Å²) in [6.45, 7) is 3.41. The molecule has 0 bridgehead atoms. The lowest BCUT2D eigenvalue weighted by atomic mass is 10.1. The number of oxazole rings is 1. The van der Waals surface area contributed by atoms with E-state index in [2.05, 4.69) is 15.3 Å². The number of benzene rings is 1. The van der Waals surface area contributed by atoms with Crippen molar-refractivity contribution >= 4 is 5.91 Å². The SMILES string of the molecule is Cc1ccc(C(O)CNCCOc2ccc(-c3coc(CC(=O)N(C)C)n3)cc2)cn1. The Morgan fingerprint density at radius 2 is 2.00 bits per heavy atom. The Kier molecular flexibility index (Phi) is 7.75. The maximum absolute atomic E-state index is 11.8. The van der Waals surface area contributed by atoms with E-state index in [0.29, 0.717) is 31.3 Å². The molecule has 164 valence electrons. The molecule has 1 amide bonds. The van der Waals surface area contributed by atoms with E-state index in [4.69, 9.17) is 9.15 Å². The van der Waals surface area contributed by atoms with E-state index < -0.39 is 6.10 Å². The number of aromatic nitrogens is 2. The van der Waals surface area contributed by atoms with Gasteiger partial charge < -0.3 is 24.5 Å². The van der Waals surface area contributed by atoms with E-state index in [1.807, 2.05) is 43.3 Å². The van der Waals surface area contributed by atoms with Gasteiger partial charge in [-0.1, -0.05) is 6.07 Å². The number of pyridine rings is 1. The maximum Gasteiger partial charge on any atom is 0.231 e. The first-order valence-electron chi connectivity index (χ1n) is 10.1. The van der Waals surface area contributed by atoms with Gasteiger partial charge in [-0.05, 0) is 37.3 Å². The van der Waals surface area contributed by atoms with Gasteiger partial charge in [0, 0.05) is 50.2 Å². The van der Waals surface area contributed by atoms with Gasteiger partial charge in [0.2, 0.25) is 11.8 Å². The van der Waals surface area contributed by atoms with Gasteiger partial charge in [-0.2, -0.15) is 0 Å². The number of aryl methyl sites for hydroxylation is 1. The van der Waals surface area contributed by atoms with Crippen LogP contribution in [0.5, 0.6) is 5.75 Å². The second-order valence-corrected chi connectivity index (χ2v) is 7.42. The van der Waals surface area contributed by atoms with E-state index in [0.717, 1.165) is 22.6 Å². The van der Waals surface area contributed by atoms with Crippen molar-refractivity contribution in [2.24, 2.45) is 0 Å². The Hall–Kier alpha value is -3.23. The van der Waals surface area contributed by atoms with Crippen molar-refractivity contribution in [3.05, 3.63) is 66.0 Å². The third-order valence-electron chi connectivity index (χ3n) is 4.71. The third kappa shape index (κ3) is 6.63. The summed E-state index contributed by atoms with van der Waals surface area (Å²) < 4.78 is 11.1. The van der Waals surface area contributed by atoms with Crippen LogP contribution < -0.4 is 10.1 Å². The Labute approximate surface area is 181 Å². The fourth-order valence-corrected chi connectivity index (χ4v) is 2.81. The molecule has 31 heavy (non-hydrogen) atoms. The molecule has 1 aromatic carbocycles. The summed E-state index contributed by atoms with van der Waals surface area (Å²) >= 11 is 0. The topological polar surface area (TPSA) is 101 Å². The summed E-state index contributed by atoms with van der Waals surface area (Å²) in [7, 11) is 3.40. The van der Waals surface area contributed by atoms with Crippen LogP contribution in [-0.2, 0) is 11.2 Å². The summed E-state index contributed by atoms with van der Waals surface area (Å²) in [6.07, 6.45) is 2.77. The highest BCUT2D eigenvalue weighted by atomic mass is 16.5. The van der Waals surface area contributed by atoms with Crippen LogP contribution in [-0.4, -0.2) is 59.7 Å². The van der Waals surface area contributed by atoms with E-state index in [1.165, 1.54) is 4.90 Å². The number of carbonyl (C=O) groups is 1. The first-order valence-corrected chi connectivity index (χ1v) is 10.1. The molecule has 1 unspecified atom stereocenters. The summed E-state index contributed by atoms with van der Waals surface area (Å²) in [5.41, 5.74) is 3.27. The summed E-state index contributed by atoms with van der Waals surface area (Å²) in [4.78, 5) is 21.8. The zero-order chi connectivity index (χ0) is 22.2. The maximum atomic E-state index is 11.8. The van der Waals surface area contributed by atoms with Gasteiger partial charge >= 0.3 is 0 Å². The Bertz CT molecular complexity index is 968. The number of nitrogens with one attached hydrogen (secondary N) is 1. The van der Waals surface area contributed by atoms with Crippen LogP contribution >= 0.6 is 0 Å². The number of rotatable bonds is 10. The zero-order valence-electron chi connectivity index (χ0n) is 18.0. The van der Waals surface area contributed by atoms with E-state index in [9.17, 15) is 9.90 Å². The Morgan fingerprint density at radius 3 is 2.68 bits per heavy atom. The van der Waals surface area contributed by atoms with Crippen LogP contribution in [0.3, 0.4) is 0 Å². The van der Waals surface area contributed by atoms with Crippen molar-refractivity contribution in [1.82, 2.24) is 20.2 Å². The van der Waals surface area contributed by atoms with Crippen LogP contribution in [0.25, 0.3) is 11.3 Å². The van der Waals surface area contributed by atoms with Gasteiger partial charge in [0.25, 0.3) is 0 Å². The fraction of sp³-hybridized carbons (Fsp3) is 0.348. The van der Waals surface area contributed by atoms with E-state index in [1.54, 1.807) is 26.6 Å². The molecule has 0 fully saturated rings. The molecule has 3 aromatic rings. The molecule has 0 aliphatic rings. The molecule has 2 aromatic heterocycles. The van der Waals surface area contributed by atoms with Gasteiger partial charge in [0.15, 0.2) is 0 Å². The minimum Gasteiger partial charge on any atom is -0.492 e. The third-order valence-corrected chi connectivity index (χ3v) is 4.71. The molecule has 2 N–H and O–H groups in total. The monoisotopic (exact) mass is 424 g/mol. The lowest BCUT2D eigenvalue weighted by Gasteiger charge is -2.12. The molecule has 8 heteroatoms. The molecule has 0 saturated heterocycles. The second kappa shape index (κ2) is 10.7. The average molecular weight is 425 g/mol. The van der Waals surface area contributed by atoms with Gasteiger partial charge in [0.05, 0.1) is 6.10 Å². The van der Waals surface area contributed by atoms with Crippen molar-refractivity contribution in [1.29, 1.82) is 0 Å². The molecule has 0 aliphatic carbocycles. The molecule has 8 nitrogen and oxygen atoms in total. The number of aliphatic hydroxyl groups excluding tert-OH is 1. The quantitative estimate of drug-likeness (QED) is 0.482. The van der Waals surface area contributed by atoms with Crippen LogP contribution in [0.1, 0.15) is 23.3 Å². The molecular formula is C23H28N4O4. The van der Waals surface area contributed by atoms with Gasteiger partial charge in [-0.25, -0.2) is 4.98 Å². The highest BCUT2D eigenvalue weighted by Gasteiger charge is 2.12. The molecule has 0 saturated carbocycles. The van der Waals surface area contributed by atoms with Crippen molar-refractivity contribution in [2.45, 2.75) is 19.4 Å². The minimum atomic E-state index is -0.604. The van der Waals surface area contributed by atoms with E-state index >= 15 is 0 Å². The highest BCUT2D eigenvalue weighted by Crippen LogP contribution is 2.22. The standard InChI is InChI=1S/C23H28N4O4/c1-16-4-5-18(13-25-16)21(28)14-24-10-11-30-19-8-6-17(7-9-19)20-15-31-22(26-20)12-23(29)27(2)3/h4-9,13,15,21,24,28H,10-12,14H2,1-3H3. The number of ether oxygens (including phenoxy) is 1.